The maximum Gasteiger partial charge on any atom is 0.411 e. The van der Waals surface area contributed by atoms with Crippen LogP contribution >= 0.6 is 0 Å². The van der Waals surface area contributed by atoms with Crippen LogP contribution in [0.15, 0.2) is 0 Å². The number of anilines is 2. The highest BCUT2D eigenvalue weighted by molar-refractivity contribution is 5.57. The topological polar surface area (TPSA) is 59.1 Å². The number of rotatable bonds is 8. The maximum absolute atomic E-state index is 11.9. The van der Waals surface area contributed by atoms with Gasteiger partial charge in [0.25, 0.3) is 0 Å². The van der Waals surface area contributed by atoms with E-state index in [-0.39, 0.29) is 13.2 Å². The summed E-state index contributed by atoms with van der Waals surface area (Å²) < 4.78 is 40.3. The zero-order valence-electron chi connectivity index (χ0n) is 12.5. The quantitative estimate of drug-likeness (QED) is 0.723. The van der Waals surface area contributed by atoms with E-state index in [1.54, 1.807) is 0 Å². The fourth-order valence-electron chi connectivity index (χ4n) is 1.66. The molecule has 0 atom stereocenters. The molecule has 0 aromatic carbocycles. The van der Waals surface area contributed by atoms with Gasteiger partial charge in [0.05, 0.1) is 6.61 Å². The SMILES string of the molecule is CCNc1nc(CC)nc(NCCOCC(F)(F)F)c1C. The molecule has 0 amide bonds. The van der Waals surface area contributed by atoms with Crippen LogP contribution in [0.5, 0.6) is 0 Å². The highest BCUT2D eigenvalue weighted by atomic mass is 19.4. The molecular formula is C13H21F3N4O. The summed E-state index contributed by atoms with van der Waals surface area (Å²) in [4.78, 5) is 8.72. The minimum Gasteiger partial charge on any atom is -0.370 e. The molecule has 0 saturated heterocycles. The van der Waals surface area contributed by atoms with E-state index in [2.05, 4.69) is 25.3 Å². The highest BCUT2D eigenvalue weighted by Gasteiger charge is 2.27. The Labute approximate surface area is 122 Å². The molecule has 0 saturated carbocycles. The van der Waals surface area contributed by atoms with Crippen LogP contribution in [0.1, 0.15) is 25.2 Å². The molecule has 0 bridgehead atoms. The van der Waals surface area contributed by atoms with Crippen molar-refractivity contribution in [1.29, 1.82) is 0 Å². The summed E-state index contributed by atoms with van der Waals surface area (Å²) in [6.07, 6.45) is -3.61. The Morgan fingerprint density at radius 2 is 1.71 bits per heavy atom. The number of nitrogens with zero attached hydrogens (tertiary/aromatic N) is 2. The van der Waals surface area contributed by atoms with Gasteiger partial charge in [-0.1, -0.05) is 6.92 Å². The lowest BCUT2D eigenvalue weighted by atomic mass is 10.3. The number of hydrogen-bond donors (Lipinski definition) is 2. The van der Waals surface area contributed by atoms with E-state index in [4.69, 9.17) is 0 Å². The van der Waals surface area contributed by atoms with Crippen molar-refractivity contribution >= 4 is 11.6 Å². The van der Waals surface area contributed by atoms with Crippen LogP contribution in [0.4, 0.5) is 24.8 Å². The van der Waals surface area contributed by atoms with E-state index in [0.717, 1.165) is 17.9 Å². The minimum atomic E-state index is -4.29. The van der Waals surface area contributed by atoms with Crippen molar-refractivity contribution < 1.29 is 17.9 Å². The van der Waals surface area contributed by atoms with Crippen LogP contribution in [0, 0.1) is 6.92 Å². The molecule has 0 aliphatic carbocycles. The van der Waals surface area contributed by atoms with E-state index < -0.39 is 12.8 Å². The third-order valence-corrected chi connectivity index (χ3v) is 2.66. The van der Waals surface area contributed by atoms with Crippen LogP contribution in [0.25, 0.3) is 0 Å². The second-order valence-electron chi connectivity index (χ2n) is 4.44. The van der Waals surface area contributed by atoms with E-state index in [1.165, 1.54) is 0 Å². The van der Waals surface area contributed by atoms with Gasteiger partial charge in [-0.3, -0.25) is 0 Å². The van der Waals surface area contributed by atoms with Crippen molar-refractivity contribution in [1.82, 2.24) is 9.97 Å². The Morgan fingerprint density at radius 3 is 2.24 bits per heavy atom. The molecule has 2 N–H and O–H groups in total. The largest absolute Gasteiger partial charge is 0.411 e. The Bertz CT molecular complexity index is 452. The third-order valence-electron chi connectivity index (χ3n) is 2.66. The number of aromatic nitrogens is 2. The number of nitrogens with one attached hydrogen (secondary N) is 2. The molecule has 5 nitrogen and oxygen atoms in total. The average molecular weight is 306 g/mol. The summed E-state index contributed by atoms with van der Waals surface area (Å²) in [5, 5.41) is 6.13. The van der Waals surface area contributed by atoms with Gasteiger partial charge < -0.3 is 15.4 Å². The number of ether oxygens (including phenoxy) is 1. The van der Waals surface area contributed by atoms with E-state index >= 15 is 0 Å². The first-order valence-corrected chi connectivity index (χ1v) is 6.87. The van der Waals surface area contributed by atoms with Crippen LogP contribution in [0.3, 0.4) is 0 Å². The number of hydrogen-bond acceptors (Lipinski definition) is 5. The Hall–Kier alpha value is -1.57. The monoisotopic (exact) mass is 306 g/mol. The van der Waals surface area contributed by atoms with Gasteiger partial charge in [0.15, 0.2) is 0 Å². The first-order chi connectivity index (χ1) is 9.87. The van der Waals surface area contributed by atoms with Gasteiger partial charge in [-0.2, -0.15) is 13.2 Å². The lowest BCUT2D eigenvalue weighted by Gasteiger charge is -2.14. The summed E-state index contributed by atoms with van der Waals surface area (Å²) in [7, 11) is 0. The van der Waals surface area contributed by atoms with Crippen molar-refractivity contribution in [2.45, 2.75) is 33.4 Å². The highest BCUT2D eigenvalue weighted by Crippen LogP contribution is 2.20. The van der Waals surface area contributed by atoms with Crippen molar-refractivity contribution in [3.63, 3.8) is 0 Å². The molecule has 0 radical (unpaired) electrons. The van der Waals surface area contributed by atoms with Gasteiger partial charge in [0, 0.05) is 25.1 Å². The second-order valence-corrected chi connectivity index (χ2v) is 4.44. The van der Waals surface area contributed by atoms with Crippen molar-refractivity contribution in [3.8, 4) is 0 Å². The first kappa shape index (κ1) is 17.5. The third kappa shape index (κ3) is 6.16. The zero-order valence-corrected chi connectivity index (χ0v) is 12.5. The lowest BCUT2D eigenvalue weighted by Crippen LogP contribution is -2.20. The fourth-order valence-corrected chi connectivity index (χ4v) is 1.66. The van der Waals surface area contributed by atoms with Gasteiger partial charge in [0.2, 0.25) is 0 Å². The molecule has 8 heteroatoms. The summed E-state index contributed by atoms with van der Waals surface area (Å²) in [6, 6.07) is 0. The lowest BCUT2D eigenvalue weighted by molar-refractivity contribution is -0.172. The van der Waals surface area contributed by atoms with Gasteiger partial charge >= 0.3 is 6.18 Å². The van der Waals surface area contributed by atoms with Gasteiger partial charge in [-0.05, 0) is 13.8 Å². The van der Waals surface area contributed by atoms with E-state index in [0.29, 0.717) is 18.1 Å². The molecule has 0 aliphatic heterocycles. The van der Waals surface area contributed by atoms with Crippen LogP contribution in [-0.2, 0) is 11.2 Å². The van der Waals surface area contributed by atoms with Crippen LogP contribution in [-0.4, -0.2) is 42.4 Å². The summed E-state index contributed by atoms with van der Waals surface area (Å²) >= 11 is 0. The van der Waals surface area contributed by atoms with Crippen molar-refractivity contribution in [3.05, 3.63) is 11.4 Å². The minimum absolute atomic E-state index is 0.0407. The molecule has 1 aromatic heterocycles. The Morgan fingerprint density at radius 1 is 1.10 bits per heavy atom. The van der Waals surface area contributed by atoms with Gasteiger partial charge in [-0.25, -0.2) is 9.97 Å². The zero-order chi connectivity index (χ0) is 15.9. The number of aryl methyl sites for hydroxylation is 1. The van der Waals surface area contributed by atoms with Crippen molar-refractivity contribution in [2.24, 2.45) is 0 Å². The fraction of sp³-hybridized carbons (Fsp3) is 0.692. The molecule has 1 rings (SSSR count). The predicted molar refractivity (Wildman–Crippen MR) is 75.7 cm³/mol. The molecule has 120 valence electrons. The van der Waals surface area contributed by atoms with Crippen LogP contribution in [0.2, 0.25) is 0 Å². The molecular weight excluding hydrogens is 285 g/mol. The molecule has 0 spiro atoms. The summed E-state index contributed by atoms with van der Waals surface area (Å²) in [5.74, 6) is 2.03. The number of halogens is 3. The van der Waals surface area contributed by atoms with Crippen molar-refractivity contribution in [2.75, 3.05) is 36.9 Å². The van der Waals surface area contributed by atoms with E-state index in [9.17, 15) is 13.2 Å². The Kier molecular flexibility index (Phi) is 6.67. The predicted octanol–water partition coefficient (Wildman–Crippen LogP) is 2.77. The second kappa shape index (κ2) is 8.02. The molecule has 0 unspecified atom stereocenters. The summed E-state index contributed by atoms with van der Waals surface area (Å²) in [5.41, 5.74) is 0.838. The average Bonchev–Trinajstić information content (AvgIpc) is 2.41. The molecule has 1 heterocycles. The first-order valence-electron chi connectivity index (χ1n) is 6.87. The van der Waals surface area contributed by atoms with E-state index in [1.807, 2.05) is 20.8 Å². The normalized spacial score (nSPS) is 11.5. The Balaban J connectivity index is 2.59. The standard InChI is InChI=1S/C13H21F3N4O/c1-4-10-19-11(17-5-2)9(3)12(20-10)18-6-7-21-8-13(14,15)16/h4-8H2,1-3H3,(H2,17,18,19,20). The number of alkyl halides is 3. The van der Waals surface area contributed by atoms with Gasteiger partial charge in [-0.15, -0.1) is 0 Å². The van der Waals surface area contributed by atoms with Crippen LogP contribution < -0.4 is 10.6 Å². The molecule has 1 aromatic rings. The molecule has 0 fully saturated rings. The molecule has 21 heavy (non-hydrogen) atoms. The van der Waals surface area contributed by atoms with Gasteiger partial charge in [0.1, 0.15) is 24.1 Å². The smallest absolute Gasteiger partial charge is 0.370 e. The molecule has 0 aliphatic rings. The maximum atomic E-state index is 11.9. The summed E-state index contributed by atoms with van der Waals surface area (Å²) in [6.45, 7) is 5.47.